The summed E-state index contributed by atoms with van der Waals surface area (Å²) in [6.45, 7) is 1.59. The van der Waals surface area contributed by atoms with Crippen LogP contribution in [0.15, 0.2) is 39.6 Å². The van der Waals surface area contributed by atoms with Gasteiger partial charge in [0.15, 0.2) is 9.84 Å². The molecule has 1 aliphatic rings. The van der Waals surface area contributed by atoms with Crippen molar-refractivity contribution >= 4 is 54.7 Å². The molecular weight excluding hydrogens is 618 g/mol. The SMILES string of the molecule is CCS(=O)(=O)c1ccc(Cl)cc1CNC(=O)c1cc(Cl)c(CN2CCCC(=NS(C)(=O)=O)C2)c(OC(F)(F)F)c1. The molecule has 0 radical (unpaired) electrons. The van der Waals surface area contributed by atoms with Crippen LogP contribution in [0.5, 0.6) is 5.75 Å². The maximum absolute atomic E-state index is 13.3. The molecule has 0 aliphatic carbocycles. The van der Waals surface area contributed by atoms with Crippen molar-refractivity contribution in [1.29, 1.82) is 0 Å². The number of carbonyl (C=O) groups excluding carboxylic acids is 1. The van der Waals surface area contributed by atoms with Crippen LogP contribution in [0.4, 0.5) is 13.2 Å². The van der Waals surface area contributed by atoms with Crippen molar-refractivity contribution in [2.45, 2.75) is 44.1 Å². The summed E-state index contributed by atoms with van der Waals surface area (Å²) in [6, 6.07) is 6.15. The Morgan fingerprint density at radius 3 is 2.48 bits per heavy atom. The van der Waals surface area contributed by atoms with Gasteiger partial charge in [0, 0.05) is 46.5 Å². The Kier molecular flexibility index (Phi) is 10.2. The van der Waals surface area contributed by atoms with E-state index in [0.29, 0.717) is 25.1 Å². The second kappa shape index (κ2) is 12.6. The van der Waals surface area contributed by atoms with Gasteiger partial charge in [0.1, 0.15) is 5.75 Å². The minimum Gasteiger partial charge on any atom is -0.405 e. The number of nitrogens with zero attached hydrogens (tertiary/aromatic N) is 2. The number of sulfone groups is 1. The monoisotopic (exact) mass is 643 g/mol. The normalized spacial score (nSPS) is 16.2. The number of benzene rings is 2. The first kappa shape index (κ1) is 32.1. The summed E-state index contributed by atoms with van der Waals surface area (Å²) in [7, 11) is -7.29. The third-order valence-electron chi connectivity index (χ3n) is 5.84. The average Bonchev–Trinajstić information content (AvgIpc) is 2.82. The number of ether oxygens (including phenoxy) is 1. The number of sulfonamides is 1. The molecule has 0 bridgehead atoms. The number of nitrogens with one attached hydrogen (secondary N) is 1. The van der Waals surface area contributed by atoms with Crippen LogP contribution < -0.4 is 10.1 Å². The van der Waals surface area contributed by atoms with Crippen LogP contribution in [-0.2, 0) is 33.0 Å². The molecule has 3 rings (SSSR count). The van der Waals surface area contributed by atoms with Gasteiger partial charge in [0.25, 0.3) is 5.91 Å². The third kappa shape index (κ3) is 9.06. The molecule has 0 spiro atoms. The highest BCUT2D eigenvalue weighted by Crippen LogP contribution is 2.34. The van der Waals surface area contributed by atoms with Crippen LogP contribution in [0, 0.1) is 0 Å². The van der Waals surface area contributed by atoms with Gasteiger partial charge in [-0.05, 0) is 55.3 Å². The minimum atomic E-state index is -5.10. The number of amides is 1. The molecule has 1 aliphatic heterocycles. The number of halogens is 5. The fourth-order valence-electron chi connectivity index (χ4n) is 4.12. The number of alkyl halides is 3. The molecule has 40 heavy (non-hydrogen) atoms. The van der Waals surface area contributed by atoms with Gasteiger partial charge in [0.2, 0.25) is 10.0 Å². The summed E-state index contributed by atoms with van der Waals surface area (Å²) < 4.78 is 95.6. The Balaban J connectivity index is 1.89. The lowest BCUT2D eigenvalue weighted by Gasteiger charge is -2.28. The molecule has 16 heteroatoms. The standard InChI is InChI=1S/C24H26Cl2F3N3O6S2/c1-3-40(36,37)22-7-6-17(25)9-16(22)12-30-23(33)15-10-20(26)19(21(11-15)38-24(27,28)29)14-32-8-4-5-18(13-32)31-39(2,34)35/h6-7,9-11H,3-5,8,12-14H2,1-2H3,(H,30,33). The molecule has 1 N–H and O–H groups in total. The van der Waals surface area contributed by atoms with Crippen LogP contribution in [0.2, 0.25) is 10.0 Å². The van der Waals surface area contributed by atoms with Crippen molar-refractivity contribution < 1.29 is 39.5 Å². The topological polar surface area (TPSA) is 122 Å². The quantitative estimate of drug-likeness (QED) is 0.423. The molecule has 220 valence electrons. The summed E-state index contributed by atoms with van der Waals surface area (Å²) in [5.41, 5.74) is 0.258. The highest BCUT2D eigenvalue weighted by Gasteiger charge is 2.34. The van der Waals surface area contributed by atoms with E-state index in [-0.39, 0.29) is 57.0 Å². The third-order valence-corrected chi connectivity index (χ3v) is 8.83. The van der Waals surface area contributed by atoms with Gasteiger partial charge in [-0.3, -0.25) is 9.69 Å². The number of hydrogen-bond donors (Lipinski definition) is 1. The second-order valence-electron chi connectivity index (χ2n) is 9.03. The molecule has 1 heterocycles. The zero-order valence-corrected chi connectivity index (χ0v) is 24.5. The van der Waals surface area contributed by atoms with Crippen molar-refractivity contribution in [2.75, 3.05) is 25.1 Å². The number of likely N-dealkylation sites (tertiary alicyclic amines) is 1. The van der Waals surface area contributed by atoms with Crippen molar-refractivity contribution in [3.63, 3.8) is 0 Å². The number of hydrogen-bond acceptors (Lipinski definition) is 7. The first-order valence-electron chi connectivity index (χ1n) is 11.8. The zero-order chi connectivity index (χ0) is 29.9. The van der Waals surface area contributed by atoms with Crippen molar-refractivity contribution in [2.24, 2.45) is 4.40 Å². The Hall–Kier alpha value is -2.39. The number of carbonyl (C=O) groups is 1. The van der Waals surface area contributed by atoms with E-state index in [2.05, 4.69) is 14.5 Å². The molecule has 1 fully saturated rings. The van der Waals surface area contributed by atoms with Gasteiger partial charge in [-0.25, -0.2) is 16.8 Å². The predicted octanol–water partition coefficient (Wildman–Crippen LogP) is 4.61. The van der Waals surface area contributed by atoms with Crippen LogP contribution in [-0.4, -0.2) is 64.8 Å². The lowest BCUT2D eigenvalue weighted by molar-refractivity contribution is -0.275. The largest absolute Gasteiger partial charge is 0.573 e. The van der Waals surface area contributed by atoms with E-state index in [1.165, 1.54) is 31.2 Å². The van der Waals surface area contributed by atoms with Gasteiger partial charge in [-0.15, -0.1) is 13.2 Å². The molecular formula is C24H26Cl2F3N3O6S2. The first-order valence-corrected chi connectivity index (χ1v) is 16.1. The molecule has 0 aromatic heterocycles. The minimum absolute atomic E-state index is 0.0329. The van der Waals surface area contributed by atoms with Gasteiger partial charge >= 0.3 is 6.36 Å². The smallest absolute Gasteiger partial charge is 0.405 e. The maximum Gasteiger partial charge on any atom is 0.573 e. The summed E-state index contributed by atoms with van der Waals surface area (Å²) in [6.07, 6.45) is -3.19. The lowest BCUT2D eigenvalue weighted by Crippen LogP contribution is -2.36. The fourth-order valence-corrected chi connectivity index (χ4v) is 6.32. The summed E-state index contributed by atoms with van der Waals surface area (Å²) in [4.78, 5) is 14.5. The zero-order valence-electron chi connectivity index (χ0n) is 21.4. The van der Waals surface area contributed by atoms with Gasteiger partial charge in [-0.2, -0.15) is 4.40 Å². The molecule has 0 unspecified atom stereocenters. The first-order chi connectivity index (χ1) is 18.5. The van der Waals surface area contributed by atoms with E-state index in [1.807, 2.05) is 0 Å². The molecule has 1 amide bonds. The maximum atomic E-state index is 13.3. The highest BCUT2D eigenvalue weighted by atomic mass is 35.5. The van der Waals surface area contributed by atoms with Crippen molar-refractivity contribution in [3.05, 3.63) is 57.1 Å². The summed E-state index contributed by atoms with van der Waals surface area (Å²) in [5.74, 6) is -1.72. The van der Waals surface area contributed by atoms with E-state index in [9.17, 15) is 34.8 Å². The molecule has 9 nitrogen and oxygen atoms in total. The van der Waals surface area contributed by atoms with Crippen LogP contribution in [0.25, 0.3) is 0 Å². The highest BCUT2D eigenvalue weighted by molar-refractivity contribution is 7.91. The van der Waals surface area contributed by atoms with Gasteiger partial charge in [0.05, 0.1) is 16.9 Å². The number of piperidine rings is 1. The predicted molar refractivity (Wildman–Crippen MR) is 145 cm³/mol. The second-order valence-corrected chi connectivity index (χ2v) is 13.8. The Labute approximate surface area is 240 Å². The average molecular weight is 645 g/mol. The van der Waals surface area contributed by atoms with E-state index in [0.717, 1.165) is 12.3 Å². The Morgan fingerprint density at radius 1 is 1.15 bits per heavy atom. The number of rotatable bonds is 9. The lowest BCUT2D eigenvalue weighted by atomic mass is 10.1. The molecule has 2 aromatic carbocycles. The fraction of sp³-hybridized carbons (Fsp3) is 0.417. The molecule has 2 aromatic rings. The van der Waals surface area contributed by atoms with Crippen molar-refractivity contribution in [1.82, 2.24) is 10.2 Å². The van der Waals surface area contributed by atoms with Crippen LogP contribution in [0.1, 0.15) is 41.3 Å². The molecule has 0 atom stereocenters. The molecule has 0 saturated carbocycles. The van der Waals surface area contributed by atoms with E-state index in [1.54, 1.807) is 4.90 Å². The van der Waals surface area contributed by atoms with E-state index < -0.39 is 37.9 Å². The van der Waals surface area contributed by atoms with Gasteiger partial charge in [-0.1, -0.05) is 30.1 Å². The van der Waals surface area contributed by atoms with Crippen LogP contribution in [0.3, 0.4) is 0 Å². The Morgan fingerprint density at radius 2 is 1.85 bits per heavy atom. The summed E-state index contributed by atoms with van der Waals surface area (Å²) in [5, 5.41) is 2.53. The van der Waals surface area contributed by atoms with E-state index >= 15 is 0 Å². The van der Waals surface area contributed by atoms with Gasteiger partial charge < -0.3 is 10.1 Å². The van der Waals surface area contributed by atoms with Crippen LogP contribution >= 0.6 is 23.2 Å². The van der Waals surface area contributed by atoms with Crippen molar-refractivity contribution in [3.8, 4) is 5.75 Å². The Bertz CT molecular complexity index is 1530. The summed E-state index contributed by atoms with van der Waals surface area (Å²) >= 11 is 12.3. The van der Waals surface area contributed by atoms with E-state index in [4.69, 9.17) is 23.2 Å². The molecule has 1 saturated heterocycles.